The average Bonchev–Trinajstić information content (AvgIpc) is 2.35. The van der Waals surface area contributed by atoms with Crippen molar-refractivity contribution in [1.29, 1.82) is 0 Å². The van der Waals surface area contributed by atoms with Crippen molar-refractivity contribution in [2.45, 2.75) is 31.4 Å². The smallest absolute Gasteiger partial charge is 0.340 e. The van der Waals surface area contributed by atoms with E-state index in [1.165, 1.54) is 18.9 Å². The lowest BCUT2D eigenvalue weighted by Gasteiger charge is -2.12. The Morgan fingerprint density at radius 1 is 1.47 bits per heavy atom. The Morgan fingerprint density at radius 2 is 2.16 bits per heavy atom. The van der Waals surface area contributed by atoms with E-state index in [2.05, 4.69) is 9.97 Å². The first-order valence-electron chi connectivity index (χ1n) is 5.90. The lowest BCUT2D eigenvalue weighted by atomic mass is 10.2. The first kappa shape index (κ1) is 15.9. The molecule has 0 aliphatic rings. The van der Waals surface area contributed by atoms with Crippen molar-refractivity contribution < 1.29 is 19.7 Å². The minimum Gasteiger partial charge on any atom is -0.478 e. The Bertz CT molecular complexity index is 454. The molecular formula is C12H18N2O4S. The lowest BCUT2D eigenvalue weighted by molar-refractivity contribution is 0.0690. The predicted octanol–water partition coefficient (Wildman–Crippen LogP) is 1.15. The Balaban J connectivity index is 2.96. The number of carbonyl (C=O) groups is 1. The molecule has 1 heterocycles. The second-order valence-electron chi connectivity index (χ2n) is 3.98. The second kappa shape index (κ2) is 7.42. The standard InChI is InChI=1S/C12H18N2O4S/c1-4-9-13-7(2)10(12(16)17)11(14-9)19-6-8(15)5-18-3/h8,15H,4-6H2,1-3H3,(H,16,17). The van der Waals surface area contributed by atoms with Crippen molar-refractivity contribution in [2.75, 3.05) is 19.5 Å². The third-order valence-corrected chi connectivity index (χ3v) is 3.52. The van der Waals surface area contributed by atoms with Gasteiger partial charge in [-0.1, -0.05) is 6.92 Å². The number of methoxy groups -OCH3 is 1. The Hall–Kier alpha value is -1.18. The van der Waals surface area contributed by atoms with Crippen LogP contribution >= 0.6 is 11.8 Å². The van der Waals surface area contributed by atoms with Gasteiger partial charge in [-0.2, -0.15) is 0 Å². The number of carboxylic acids is 1. The van der Waals surface area contributed by atoms with Gasteiger partial charge in [-0.05, 0) is 6.92 Å². The Labute approximate surface area is 116 Å². The summed E-state index contributed by atoms with van der Waals surface area (Å²) in [5.74, 6) is -0.122. The number of carboxylic acid groups (broad SMARTS) is 1. The number of aromatic carboxylic acids is 1. The van der Waals surface area contributed by atoms with Gasteiger partial charge in [-0.3, -0.25) is 0 Å². The number of nitrogens with zero attached hydrogens (tertiary/aromatic N) is 2. The SMILES string of the molecule is CCc1nc(C)c(C(=O)O)c(SCC(O)COC)n1. The highest BCUT2D eigenvalue weighted by molar-refractivity contribution is 7.99. The molecule has 0 aromatic carbocycles. The van der Waals surface area contributed by atoms with Crippen LogP contribution in [-0.2, 0) is 11.2 Å². The fourth-order valence-electron chi connectivity index (χ4n) is 1.53. The quantitative estimate of drug-likeness (QED) is 0.573. The molecule has 0 saturated heterocycles. The molecular weight excluding hydrogens is 268 g/mol. The van der Waals surface area contributed by atoms with Crippen LogP contribution in [0, 0.1) is 6.92 Å². The number of aliphatic hydroxyl groups is 1. The van der Waals surface area contributed by atoms with E-state index >= 15 is 0 Å². The van der Waals surface area contributed by atoms with E-state index in [9.17, 15) is 15.0 Å². The van der Waals surface area contributed by atoms with E-state index in [1.807, 2.05) is 6.92 Å². The van der Waals surface area contributed by atoms with Crippen molar-refractivity contribution in [3.05, 3.63) is 17.1 Å². The molecule has 0 radical (unpaired) electrons. The van der Waals surface area contributed by atoms with E-state index in [-0.39, 0.29) is 12.2 Å². The summed E-state index contributed by atoms with van der Waals surface area (Å²) in [6.45, 7) is 3.77. The van der Waals surface area contributed by atoms with Gasteiger partial charge in [0.05, 0.1) is 18.4 Å². The van der Waals surface area contributed by atoms with E-state index in [0.29, 0.717) is 28.7 Å². The molecule has 2 N–H and O–H groups in total. The van der Waals surface area contributed by atoms with Gasteiger partial charge in [0.1, 0.15) is 16.4 Å². The van der Waals surface area contributed by atoms with E-state index in [0.717, 1.165) is 0 Å². The fraction of sp³-hybridized carbons (Fsp3) is 0.583. The van der Waals surface area contributed by atoms with Crippen LogP contribution in [0.3, 0.4) is 0 Å². The van der Waals surface area contributed by atoms with E-state index in [4.69, 9.17) is 4.74 Å². The molecule has 0 aliphatic heterocycles. The summed E-state index contributed by atoms with van der Waals surface area (Å²) < 4.78 is 4.83. The molecule has 1 aromatic heterocycles. The summed E-state index contributed by atoms with van der Waals surface area (Å²) in [4.78, 5) is 19.6. The third-order valence-electron chi connectivity index (χ3n) is 2.40. The molecule has 0 fully saturated rings. The second-order valence-corrected chi connectivity index (χ2v) is 4.99. The average molecular weight is 286 g/mol. The minimum absolute atomic E-state index is 0.104. The third kappa shape index (κ3) is 4.45. The van der Waals surface area contributed by atoms with Gasteiger partial charge in [-0.15, -0.1) is 11.8 Å². The van der Waals surface area contributed by atoms with Crippen LogP contribution in [0.25, 0.3) is 0 Å². The van der Waals surface area contributed by atoms with Crippen molar-refractivity contribution in [3.8, 4) is 0 Å². The van der Waals surface area contributed by atoms with Crippen LogP contribution < -0.4 is 0 Å². The molecule has 1 unspecified atom stereocenters. The van der Waals surface area contributed by atoms with E-state index < -0.39 is 12.1 Å². The molecule has 7 heteroatoms. The summed E-state index contributed by atoms with van der Waals surface area (Å²) in [5.41, 5.74) is 0.551. The molecule has 0 saturated carbocycles. The van der Waals surface area contributed by atoms with Gasteiger partial charge in [-0.25, -0.2) is 14.8 Å². The Morgan fingerprint density at radius 3 is 2.68 bits per heavy atom. The molecule has 0 bridgehead atoms. The Kier molecular flexibility index (Phi) is 6.20. The van der Waals surface area contributed by atoms with Gasteiger partial charge in [0, 0.05) is 19.3 Å². The highest BCUT2D eigenvalue weighted by Gasteiger charge is 2.19. The molecule has 1 aromatic rings. The van der Waals surface area contributed by atoms with Crippen LogP contribution in [0.4, 0.5) is 0 Å². The number of hydrogen-bond acceptors (Lipinski definition) is 6. The summed E-state index contributed by atoms with van der Waals surface area (Å²) in [6, 6.07) is 0. The van der Waals surface area contributed by atoms with Gasteiger partial charge < -0.3 is 14.9 Å². The number of hydrogen-bond donors (Lipinski definition) is 2. The highest BCUT2D eigenvalue weighted by atomic mass is 32.2. The molecule has 0 aliphatic carbocycles. The summed E-state index contributed by atoms with van der Waals surface area (Å²) in [7, 11) is 1.50. The van der Waals surface area contributed by atoms with E-state index in [1.54, 1.807) is 6.92 Å². The number of thioether (sulfide) groups is 1. The van der Waals surface area contributed by atoms with Crippen LogP contribution in [0.1, 0.15) is 28.8 Å². The molecule has 0 amide bonds. The zero-order valence-electron chi connectivity index (χ0n) is 11.2. The summed E-state index contributed by atoms with van der Waals surface area (Å²) in [5, 5.41) is 19.2. The first-order chi connectivity index (χ1) is 8.99. The lowest BCUT2D eigenvalue weighted by Crippen LogP contribution is -2.17. The molecule has 6 nitrogen and oxygen atoms in total. The maximum atomic E-state index is 11.2. The topological polar surface area (TPSA) is 92.5 Å². The van der Waals surface area contributed by atoms with Crippen molar-refractivity contribution in [3.63, 3.8) is 0 Å². The number of ether oxygens (including phenoxy) is 1. The van der Waals surface area contributed by atoms with Crippen LogP contribution in [0.5, 0.6) is 0 Å². The van der Waals surface area contributed by atoms with Crippen molar-refractivity contribution in [2.24, 2.45) is 0 Å². The van der Waals surface area contributed by atoms with Gasteiger partial charge in [0.2, 0.25) is 0 Å². The maximum absolute atomic E-state index is 11.2. The molecule has 1 atom stereocenters. The molecule has 19 heavy (non-hydrogen) atoms. The van der Waals surface area contributed by atoms with Crippen LogP contribution in [-0.4, -0.2) is 51.7 Å². The zero-order chi connectivity index (χ0) is 14.4. The number of aromatic nitrogens is 2. The minimum atomic E-state index is -1.05. The zero-order valence-corrected chi connectivity index (χ0v) is 12.0. The van der Waals surface area contributed by atoms with Crippen LogP contribution in [0.2, 0.25) is 0 Å². The van der Waals surface area contributed by atoms with Crippen molar-refractivity contribution in [1.82, 2.24) is 9.97 Å². The molecule has 1 rings (SSSR count). The van der Waals surface area contributed by atoms with Gasteiger partial charge >= 0.3 is 5.97 Å². The number of aliphatic hydroxyl groups excluding tert-OH is 1. The number of aryl methyl sites for hydroxylation is 2. The maximum Gasteiger partial charge on any atom is 0.340 e. The summed E-state index contributed by atoms with van der Waals surface area (Å²) in [6.07, 6.45) is -0.0217. The largest absolute Gasteiger partial charge is 0.478 e. The number of rotatable bonds is 7. The fourth-order valence-corrected chi connectivity index (χ4v) is 2.52. The first-order valence-corrected chi connectivity index (χ1v) is 6.88. The highest BCUT2D eigenvalue weighted by Crippen LogP contribution is 2.23. The monoisotopic (exact) mass is 286 g/mol. The van der Waals surface area contributed by atoms with Gasteiger partial charge in [0.15, 0.2) is 0 Å². The van der Waals surface area contributed by atoms with Crippen LogP contribution in [0.15, 0.2) is 5.03 Å². The molecule has 0 spiro atoms. The van der Waals surface area contributed by atoms with Crippen molar-refractivity contribution >= 4 is 17.7 Å². The normalized spacial score (nSPS) is 12.4. The van der Waals surface area contributed by atoms with Gasteiger partial charge in [0.25, 0.3) is 0 Å². The summed E-state index contributed by atoms with van der Waals surface area (Å²) >= 11 is 1.21. The predicted molar refractivity (Wildman–Crippen MR) is 71.7 cm³/mol. The molecule has 106 valence electrons.